The number of nitrogens with zero attached hydrogens (tertiary/aromatic N) is 5. The molecule has 220 valence electrons. The van der Waals surface area contributed by atoms with E-state index in [-0.39, 0.29) is 0 Å². The number of hydrogen-bond donors (Lipinski definition) is 2. The van der Waals surface area contributed by atoms with Gasteiger partial charge in [0, 0.05) is 72.3 Å². The van der Waals surface area contributed by atoms with Crippen molar-refractivity contribution in [3.63, 3.8) is 0 Å². The second-order valence-electron chi connectivity index (χ2n) is 13.3. The van der Waals surface area contributed by atoms with Crippen LogP contribution in [0.3, 0.4) is 0 Å². The van der Waals surface area contributed by atoms with Crippen LogP contribution < -0.4 is 15.5 Å². The van der Waals surface area contributed by atoms with Crippen molar-refractivity contribution in [1.29, 1.82) is 0 Å². The topological polar surface area (TPSA) is 88.8 Å². The van der Waals surface area contributed by atoms with E-state index in [0.29, 0.717) is 19.4 Å². The fraction of sp³-hybridized carbons (Fsp3) is 0.621. The predicted molar refractivity (Wildman–Crippen MR) is 171 cm³/mol. The Morgan fingerprint density at radius 2 is 1.73 bits per heavy atom. The molecule has 0 amide bonds. The molecular formula is C29H49N7O2Si2. The molecule has 0 bridgehead atoms. The molecular weight excluding hydrogens is 535 g/mol. The Kier molecular flexibility index (Phi) is 10.4. The SMILES string of the molecule is CNc1ccc(-c2cnn3c(N(COCC[Si](C)(C)C)COCC[Si](C)(C)C)cc(C4CCCNC4)nc23)cn1. The number of piperidine rings is 1. The summed E-state index contributed by atoms with van der Waals surface area (Å²) in [5.41, 5.74) is 3.90. The molecule has 2 N–H and O–H groups in total. The molecule has 0 aliphatic carbocycles. The lowest BCUT2D eigenvalue weighted by molar-refractivity contribution is 0.0942. The largest absolute Gasteiger partial charge is 0.373 e. The smallest absolute Gasteiger partial charge is 0.165 e. The maximum atomic E-state index is 6.27. The van der Waals surface area contributed by atoms with Gasteiger partial charge in [0.1, 0.15) is 25.1 Å². The molecule has 1 aliphatic heterocycles. The van der Waals surface area contributed by atoms with Gasteiger partial charge in [-0.2, -0.15) is 9.61 Å². The van der Waals surface area contributed by atoms with E-state index in [0.717, 1.165) is 85.3 Å². The summed E-state index contributed by atoms with van der Waals surface area (Å²) in [6, 6.07) is 8.52. The van der Waals surface area contributed by atoms with Crippen molar-refractivity contribution >= 4 is 33.4 Å². The van der Waals surface area contributed by atoms with Crippen LogP contribution in [0, 0.1) is 0 Å². The van der Waals surface area contributed by atoms with Crippen molar-refractivity contribution < 1.29 is 9.47 Å². The van der Waals surface area contributed by atoms with Crippen LogP contribution in [0.1, 0.15) is 24.5 Å². The molecule has 4 rings (SSSR count). The zero-order chi connectivity index (χ0) is 28.8. The molecule has 1 aliphatic rings. The molecule has 1 atom stereocenters. The fourth-order valence-electron chi connectivity index (χ4n) is 4.68. The Morgan fingerprint density at radius 3 is 2.27 bits per heavy atom. The number of aromatic nitrogens is 4. The van der Waals surface area contributed by atoms with Gasteiger partial charge in [0.15, 0.2) is 5.65 Å². The van der Waals surface area contributed by atoms with Gasteiger partial charge in [-0.1, -0.05) is 39.3 Å². The number of nitrogens with one attached hydrogen (secondary N) is 2. The molecule has 3 aromatic heterocycles. The number of pyridine rings is 1. The highest BCUT2D eigenvalue weighted by molar-refractivity contribution is 6.76. The summed E-state index contributed by atoms with van der Waals surface area (Å²) in [6.45, 7) is 18.7. The Balaban J connectivity index is 1.70. The van der Waals surface area contributed by atoms with E-state index in [2.05, 4.69) is 71.9 Å². The van der Waals surface area contributed by atoms with E-state index >= 15 is 0 Å². The molecule has 11 heteroatoms. The monoisotopic (exact) mass is 583 g/mol. The van der Waals surface area contributed by atoms with E-state index in [1.54, 1.807) is 0 Å². The number of rotatable bonds is 14. The van der Waals surface area contributed by atoms with Crippen LogP contribution in [-0.2, 0) is 9.47 Å². The summed E-state index contributed by atoms with van der Waals surface area (Å²) in [5.74, 6) is 2.14. The molecule has 1 unspecified atom stereocenters. The Labute approximate surface area is 242 Å². The fourth-order valence-corrected chi connectivity index (χ4v) is 6.20. The molecule has 0 saturated carbocycles. The van der Waals surface area contributed by atoms with Gasteiger partial charge in [0.2, 0.25) is 0 Å². The van der Waals surface area contributed by atoms with E-state index in [1.165, 1.54) is 0 Å². The summed E-state index contributed by atoms with van der Waals surface area (Å²) in [4.78, 5) is 11.9. The number of ether oxygens (including phenoxy) is 2. The number of fused-ring (bicyclic) bond motifs is 1. The van der Waals surface area contributed by atoms with Crippen molar-refractivity contribution in [3.8, 4) is 11.1 Å². The van der Waals surface area contributed by atoms with Gasteiger partial charge in [-0.25, -0.2) is 9.97 Å². The minimum Gasteiger partial charge on any atom is -0.373 e. The van der Waals surface area contributed by atoms with Gasteiger partial charge < -0.3 is 25.0 Å². The first kappa shape index (κ1) is 30.6. The van der Waals surface area contributed by atoms with Crippen molar-refractivity contribution in [2.24, 2.45) is 0 Å². The Bertz CT molecular complexity index is 1190. The molecule has 1 fully saturated rings. The van der Waals surface area contributed by atoms with E-state index in [1.807, 2.05) is 30.0 Å². The van der Waals surface area contributed by atoms with Crippen molar-refractivity contribution in [2.45, 2.75) is 70.1 Å². The molecule has 4 heterocycles. The van der Waals surface area contributed by atoms with Crippen LogP contribution in [0.25, 0.3) is 16.8 Å². The van der Waals surface area contributed by atoms with E-state index in [9.17, 15) is 0 Å². The number of anilines is 2. The first-order chi connectivity index (χ1) is 19.0. The first-order valence-corrected chi connectivity index (χ1v) is 22.1. The lowest BCUT2D eigenvalue weighted by Gasteiger charge is -2.28. The van der Waals surface area contributed by atoms with Gasteiger partial charge in [-0.15, -0.1) is 0 Å². The molecule has 3 aromatic rings. The minimum absolute atomic E-state index is 0.354. The van der Waals surface area contributed by atoms with Crippen LogP contribution in [0.5, 0.6) is 0 Å². The highest BCUT2D eigenvalue weighted by atomic mass is 28.3. The summed E-state index contributed by atoms with van der Waals surface area (Å²) in [6.07, 6.45) is 6.06. The van der Waals surface area contributed by atoms with Crippen molar-refractivity contribution in [3.05, 3.63) is 36.3 Å². The highest BCUT2D eigenvalue weighted by Gasteiger charge is 2.24. The minimum atomic E-state index is -1.19. The summed E-state index contributed by atoms with van der Waals surface area (Å²) >= 11 is 0. The molecule has 40 heavy (non-hydrogen) atoms. The third kappa shape index (κ3) is 8.59. The standard InChI is InChI=1S/C29H49N7O2Si2/c1-30-27-11-10-23(19-32-27)25-20-33-36-28(17-26(34-29(25)36)24-9-8-12-31-18-24)35(21-37-13-15-39(2,3)4)22-38-14-16-40(5,6)7/h10-11,17,19-20,24,31H,8-9,12-16,18,21-22H2,1-7H3,(H,30,32). The van der Waals surface area contributed by atoms with Gasteiger partial charge in [-0.3, -0.25) is 0 Å². The lowest BCUT2D eigenvalue weighted by Crippen LogP contribution is -2.34. The Hall–Kier alpha value is -2.32. The summed E-state index contributed by atoms with van der Waals surface area (Å²) in [7, 11) is -0.507. The van der Waals surface area contributed by atoms with Crippen LogP contribution in [0.2, 0.25) is 51.4 Å². The lowest BCUT2D eigenvalue weighted by atomic mass is 9.96. The second-order valence-corrected chi connectivity index (χ2v) is 24.5. The summed E-state index contributed by atoms with van der Waals surface area (Å²) in [5, 5.41) is 11.5. The van der Waals surface area contributed by atoms with Crippen LogP contribution in [0.4, 0.5) is 11.6 Å². The summed E-state index contributed by atoms with van der Waals surface area (Å²) < 4.78 is 14.5. The van der Waals surface area contributed by atoms with Crippen molar-refractivity contribution in [2.75, 3.05) is 57.0 Å². The maximum Gasteiger partial charge on any atom is 0.165 e. The average molecular weight is 584 g/mol. The second kappa shape index (κ2) is 13.6. The van der Waals surface area contributed by atoms with Gasteiger partial charge >= 0.3 is 0 Å². The molecule has 0 spiro atoms. The molecule has 9 nitrogen and oxygen atoms in total. The van der Waals surface area contributed by atoms with Gasteiger partial charge in [-0.05, 0) is 43.6 Å². The molecule has 0 radical (unpaired) electrons. The molecule has 0 aromatic carbocycles. The zero-order valence-corrected chi connectivity index (χ0v) is 27.6. The average Bonchev–Trinajstić information content (AvgIpc) is 3.35. The highest BCUT2D eigenvalue weighted by Crippen LogP contribution is 2.31. The quantitative estimate of drug-likeness (QED) is 0.141. The number of hydrogen-bond acceptors (Lipinski definition) is 8. The van der Waals surface area contributed by atoms with E-state index in [4.69, 9.17) is 19.6 Å². The third-order valence-electron chi connectivity index (χ3n) is 7.33. The normalized spacial score (nSPS) is 16.4. The van der Waals surface area contributed by atoms with Crippen molar-refractivity contribution in [1.82, 2.24) is 24.9 Å². The third-order valence-corrected chi connectivity index (χ3v) is 10.7. The predicted octanol–water partition coefficient (Wildman–Crippen LogP) is 5.73. The van der Waals surface area contributed by atoms with Gasteiger partial charge in [0.25, 0.3) is 0 Å². The van der Waals surface area contributed by atoms with Crippen LogP contribution >= 0.6 is 0 Å². The molecule has 1 saturated heterocycles. The zero-order valence-electron chi connectivity index (χ0n) is 25.6. The first-order valence-electron chi connectivity index (χ1n) is 14.7. The Morgan fingerprint density at radius 1 is 1.02 bits per heavy atom. The van der Waals surface area contributed by atoms with E-state index < -0.39 is 16.1 Å². The van der Waals surface area contributed by atoms with Gasteiger partial charge in [0.05, 0.1) is 11.9 Å². The van der Waals surface area contributed by atoms with Crippen LogP contribution in [0.15, 0.2) is 30.6 Å². The van der Waals surface area contributed by atoms with Crippen LogP contribution in [-0.4, -0.2) is 82.5 Å². The maximum absolute atomic E-state index is 6.27.